The summed E-state index contributed by atoms with van der Waals surface area (Å²) in [5.74, 6) is 1.39. The highest BCUT2D eigenvalue weighted by Gasteiger charge is 2.43. The Morgan fingerprint density at radius 2 is 1.90 bits per heavy atom. The molecular formula is C21H29ClN4OS2. The van der Waals surface area contributed by atoms with Crippen LogP contribution in [0.5, 0.6) is 0 Å². The fourth-order valence-corrected chi connectivity index (χ4v) is 6.73. The van der Waals surface area contributed by atoms with E-state index in [1.807, 2.05) is 26.0 Å². The van der Waals surface area contributed by atoms with Gasteiger partial charge in [-0.3, -0.25) is 9.69 Å². The average molecular weight is 453 g/mol. The zero-order chi connectivity index (χ0) is 20.6. The molecule has 1 atom stereocenters. The zero-order valence-corrected chi connectivity index (χ0v) is 19.7. The number of nitrogens with zero attached hydrogens (tertiary/aromatic N) is 4. The van der Waals surface area contributed by atoms with Gasteiger partial charge in [0.1, 0.15) is 5.82 Å². The van der Waals surface area contributed by atoms with Crippen molar-refractivity contribution in [1.82, 2.24) is 14.2 Å². The number of hydrogen-bond acceptors (Lipinski definition) is 6. The van der Waals surface area contributed by atoms with E-state index >= 15 is 0 Å². The van der Waals surface area contributed by atoms with E-state index in [1.165, 1.54) is 16.9 Å². The molecule has 2 saturated heterocycles. The van der Waals surface area contributed by atoms with E-state index in [1.54, 1.807) is 11.8 Å². The summed E-state index contributed by atoms with van der Waals surface area (Å²) in [6, 6.07) is 6.03. The predicted octanol–water partition coefficient (Wildman–Crippen LogP) is 4.55. The number of anilines is 1. The highest BCUT2D eigenvalue weighted by atomic mass is 35.5. The van der Waals surface area contributed by atoms with Gasteiger partial charge in [-0.2, -0.15) is 4.37 Å². The van der Waals surface area contributed by atoms with Crippen LogP contribution < -0.4 is 4.90 Å². The van der Waals surface area contributed by atoms with Crippen molar-refractivity contribution >= 4 is 56.7 Å². The lowest BCUT2D eigenvalue weighted by Crippen LogP contribution is -2.47. The van der Waals surface area contributed by atoms with Crippen molar-refractivity contribution in [3.05, 3.63) is 23.2 Å². The molecule has 1 aromatic heterocycles. The molecule has 0 N–H and O–H groups in total. The van der Waals surface area contributed by atoms with Crippen molar-refractivity contribution < 1.29 is 4.79 Å². The molecule has 5 nitrogen and oxygen atoms in total. The third kappa shape index (κ3) is 4.53. The number of halogens is 1. The SMILES string of the molecule is CC1SC(C)(C)C(=O)N1CCCCN1CCN(c2nsc3cc(Cl)ccc23)CC1. The van der Waals surface area contributed by atoms with Gasteiger partial charge >= 0.3 is 0 Å². The Labute approximate surface area is 186 Å². The second-order valence-electron chi connectivity index (χ2n) is 8.41. The molecule has 0 aliphatic carbocycles. The molecule has 0 radical (unpaired) electrons. The minimum atomic E-state index is -0.263. The number of benzene rings is 1. The smallest absolute Gasteiger partial charge is 0.239 e. The first kappa shape index (κ1) is 21.2. The lowest BCUT2D eigenvalue weighted by Gasteiger charge is -2.35. The highest BCUT2D eigenvalue weighted by Crippen LogP contribution is 2.40. The van der Waals surface area contributed by atoms with Crippen molar-refractivity contribution in [2.24, 2.45) is 0 Å². The zero-order valence-electron chi connectivity index (χ0n) is 17.4. The van der Waals surface area contributed by atoms with Gasteiger partial charge in [0.15, 0.2) is 0 Å². The van der Waals surface area contributed by atoms with Gasteiger partial charge in [-0.1, -0.05) is 11.6 Å². The van der Waals surface area contributed by atoms with E-state index in [0.29, 0.717) is 11.3 Å². The lowest BCUT2D eigenvalue weighted by atomic mass is 10.1. The molecule has 0 bridgehead atoms. The second kappa shape index (κ2) is 8.61. The Hall–Kier alpha value is -1.02. The van der Waals surface area contributed by atoms with E-state index < -0.39 is 0 Å². The minimum absolute atomic E-state index is 0.263. The van der Waals surface area contributed by atoms with Gasteiger partial charge < -0.3 is 9.80 Å². The molecule has 3 heterocycles. The number of carbonyl (C=O) groups excluding carboxylic acids is 1. The summed E-state index contributed by atoms with van der Waals surface area (Å²) in [4.78, 5) is 19.5. The molecule has 4 rings (SSSR count). The van der Waals surface area contributed by atoms with Gasteiger partial charge in [-0.05, 0) is 69.9 Å². The van der Waals surface area contributed by atoms with Gasteiger partial charge in [0, 0.05) is 43.1 Å². The number of fused-ring (bicyclic) bond motifs is 1. The molecule has 158 valence electrons. The monoisotopic (exact) mass is 452 g/mol. The normalized spacial score (nSPS) is 22.8. The Morgan fingerprint density at radius 1 is 1.17 bits per heavy atom. The van der Waals surface area contributed by atoms with E-state index in [9.17, 15) is 4.79 Å². The number of unbranched alkanes of at least 4 members (excludes halogenated alkanes) is 1. The number of carbonyl (C=O) groups is 1. The summed E-state index contributed by atoms with van der Waals surface area (Å²) >= 11 is 9.40. The van der Waals surface area contributed by atoms with Crippen molar-refractivity contribution in [3.8, 4) is 0 Å². The number of thioether (sulfide) groups is 1. The lowest BCUT2D eigenvalue weighted by molar-refractivity contribution is -0.131. The van der Waals surface area contributed by atoms with Crippen LogP contribution in [0.2, 0.25) is 5.02 Å². The van der Waals surface area contributed by atoms with Crippen LogP contribution in [0, 0.1) is 0 Å². The summed E-state index contributed by atoms with van der Waals surface area (Å²) in [6.07, 6.45) is 2.21. The standard InChI is InChI=1S/C21H29ClN4OS2/c1-15-26(20(27)21(2,3)28-15)9-5-4-8-24-10-12-25(13-11-24)19-17-7-6-16(22)14-18(17)29-23-19/h6-7,14-15H,4-5,8-13H2,1-3H3. The van der Waals surface area contributed by atoms with Crippen molar-refractivity contribution in [2.45, 2.75) is 43.7 Å². The van der Waals surface area contributed by atoms with Crippen LogP contribution in [-0.4, -0.2) is 69.5 Å². The summed E-state index contributed by atoms with van der Waals surface area (Å²) in [5, 5.41) is 2.27. The van der Waals surface area contributed by atoms with Gasteiger partial charge in [0.05, 0.1) is 14.8 Å². The first-order valence-electron chi connectivity index (χ1n) is 10.4. The summed E-state index contributed by atoms with van der Waals surface area (Å²) in [5.41, 5.74) is 0. The third-order valence-electron chi connectivity index (χ3n) is 5.89. The molecule has 29 heavy (non-hydrogen) atoms. The van der Waals surface area contributed by atoms with Crippen LogP contribution >= 0.6 is 34.9 Å². The van der Waals surface area contributed by atoms with Gasteiger partial charge in [0.25, 0.3) is 0 Å². The molecule has 2 aliphatic heterocycles. The topological polar surface area (TPSA) is 39.7 Å². The molecule has 1 amide bonds. The first-order chi connectivity index (χ1) is 13.8. The van der Waals surface area contributed by atoms with Gasteiger partial charge in [-0.25, -0.2) is 0 Å². The molecule has 0 spiro atoms. The Morgan fingerprint density at radius 3 is 2.59 bits per heavy atom. The predicted molar refractivity (Wildman–Crippen MR) is 125 cm³/mol. The summed E-state index contributed by atoms with van der Waals surface area (Å²) in [7, 11) is 0. The van der Waals surface area contributed by atoms with Crippen molar-refractivity contribution in [3.63, 3.8) is 0 Å². The van der Waals surface area contributed by atoms with Crippen LogP contribution in [0.3, 0.4) is 0 Å². The molecule has 2 aliphatic rings. The number of amides is 1. The number of hydrogen-bond donors (Lipinski definition) is 0. The summed E-state index contributed by atoms with van der Waals surface area (Å²) in [6.45, 7) is 12.3. The molecule has 0 saturated carbocycles. The molecule has 8 heteroatoms. The molecular weight excluding hydrogens is 424 g/mol. The minimum Gasteiger partial charge on any atom is -0.353 e. The van der Waals surface area contributed by atoms with Crippen molar-refractivity contribution in [1.29, 1.82) is 0 Å². The Bertz CT molecular complexity index is 879. The van der Waals surface area contributed by atoms with E-state index in [4.69, 9.17) is 11.6 Å². The highest BCUT2D eigenvalue weighted by molar-refractivity contribution is 8.02. The molecule has 2 fully saturated rings. The maximum Gasteiger partial charge on any atom is 0.239 e. The summed E-state index contributed by atoms with van der Waals surface area (Å²) < 4.78 is 5.57. The van der Waals surface area contributed by atoms with Crippen LogP contribution in [-0.2, 0) is 4.79 Å². The first-order valence-corrected chi connectivity index (χ1v) is 12.4. The van der Waals surface area contributed by atoms with Crippen LogP contribution in [0.4, 0.5) is 5.82 Å². The van der Waals surface area contributed by atoms with E-state index in [0.717, 1.165) is 67.7 Å². The number of piperazine rings is 1. The largest absolute Gasteiger partial charge is 0.353 e. The fourth-order valence-electron chi connectivity index (χ4n) is 4.26. The Kier molecular flexibility index (Phi) is 6.30. The maximum atomic E-state index is 12.5. The number of rotatable bonds is 6. The van der Waals surface area contributed by atoms with Crippen LogP contribution in [0.1, 0.15) is 33.6 Å². The van der Waals surface area contributed by atoms with Crippen LogP contribution in [0.15, 0.2) is 18.2 Å². The van der Waals surface area contributed by atoms with Gasteiger partial charge in [0.2, 0.25) is 5.91 Å². The molecule has 1 unspecified atom stereocenters. The second-order valence-corrected chi connectivity index (χ2v) is 11.6. The van der Waals surface area contributed by atoms with Crippen LogP contribution in [0.25, 0.3) is 10.1 Å². The van der Waals surface area contributed by atoms with E-state index in [2.05, 4.69) is 32.1 Å². The third-order valence-corrected chi connectivity index (χ3v) is 8.28. The molecule has 2 aromatic rings. The van der Waals surface area contributed by atoms with Gasteiger partial charge in [-0.15, -0.1) is 11.8 Å². The maximum absolute atomic E-state index is 12.5. The Balaban J connectivity index is 1.22. The quantitative estimate of drug-likeness (QED) is 0.601. The molecule has 1 aromatic carbocycles. The van der Waals surface area contributed by atoms with E-state index in [-0.39, 0.29) is 4.75 Å². The average Bonchev–Trinajstić information content (AvgIpc) is 3.18. The van der Waals surface area contributed by atoms with Crippen molar-refractivity contribution in [2.75, 3.05) is 44.2 Å². The fraction of sp³-hybridized carbons (Fsp3) is 0.619. The number of aromatic nitrogens is 1.